The van der Waals surface area contributed by atoms with Gasteiger partial charge in [-0.1, -0.05) is 84.6 Å². The zero-order valence-corrected chi connectivity index (χ0v) is 17.6. The third-order valence-electron chi connectivity index (χ3n) is 5.00. The summed E-state index contributed by atoms with van der Waals surface area (Å²) in [6, 6.07) is 28.8. The fourth-order valence-corrected chi connectivity index (χ4v) is 4.31. The largest absolute Gasteiger partial charge is 0.355 e. The normalized spacial score (nSPS) is 10.9. The van der Waals surface area contributed by atoms with Crippen LogP contribution in [0.5, 0.6) is 0 Å². The molecule has 1 heterocycles. The van der Waals surface area contributed by atoms with Gasteiger partial charge in [0.25, 0.3) is 0 Å². The van der Waals surface area contributed by atoms with Crippen LogP contribution < -0.4 is 5.32 Å². The maximum Gasteiger partial charge on any atom is 0.230 e. The summed E-state index contributed by atoms with van der Waals surface area (Å²) >= 11 is 1.50. The summed E-state index contributed by atoms with van der Waals surface area (Å²) in [6.45, 7) is 1.48. The fourth-order valence-electron chi connectivity index (χ4n) is 3.44. The highest BCUT2D eigenvalue weighted by molar-refractivity contribution is 7.99. The monoisotopic (exact) mass is 415 g/mol. The number of rotatable bonds is 9. The van der Waals surface area contributed by atoms with Crippen LogP contribution in [-0.2, 0) is 24.2 Å². The number of aromatic nitrogens is 2. The van der Waals surface area contributed by atoms with Gasteiger partial charge in [0.1, 0.15) is 0 Å². The molecule has 0 bridgehead atoms. The molecule has 5 heteroatoms. The van der Waals surface area contributed by atoms with Crippen molar-refractivity contribution in [3.8, 4) is 0 Å². The first kappa shape index (κ1) is 20.2. The van der Waals surface area contributed by atoms with Crippen molar-refractivity contribution >= 4 is 28.7 Å². The van der Waals surface area contributed by atoms with Gasteiger partial charge in [0, 0.05) is 13.1 Å². The van der Waals surface area contributed by atoms with Crippen molar-refractivity contribution in [2.24, 2.45) is 0 Å². The number of aryl methyl sites for hydroxylation is 2. The number of para-hydroxylation sites is 2. The molecule has 0 aliphatic carbocycles. The van der Waals surface area contributed by atoms with Crippen LogP contribution in [0.15, 0.2) is 90.1 Å². The van der Waals surface area contributed by atoms with Gasteiger partial charge in [0.15, 0.2) is 5.16 Å². The number of amides is 1. The summed E-state index contributed by atoms with van der Waals surface area (Å²) in [5.41, 5.74) is 4.61. The van der Waals surface area contributed by atoms with E-state index < -0.39 is 0 Å². The number of carbonyl (C=O) groups excluding carboxylic acids is 1. The summed E-state index contributed by atoms with van der Waals surface area (Å²) in [4.78, 5) is 17.1. The van der Waals surface area contributed by atoms with E-state index in [4.69, 9.17) is 4.98 Å². The van der Waals surface area contributed by atoms with E-state index in [1.54, 1.807) is 0 Å². The van der Waals surface area contributed by atoms with Gasteiger partial charge in [0.2, 0.25) is 5.91 Å². The summed E-state index contributed by atoms with van der Waals surface area (Å²) < 4.78 is 2.23. The molecule has 30 heavy (non-hydrogen) atoms. The van der Waals surface area contributed by atoms with E-state index in [9.17, 15) is 4.79 Å². The van der Waals surface area contributed by atoms with Crippen molar-refractivity contribution in [2.75, 3.05) is 12.3 Å². The molecule has 0 spiro atoms. The number of hydrogen-bond acceptors (Lipinski definition) is 3. The molecule has 1 amide bonds. The summed E-state index contributed by atoms with van der Waals surface area (Å²) in [5.74, 6) is 0.404. The minimum absolute atomic E-state index is 0.0394. The van der Waals surface area contributed by atoms with E-state index >= 15 is 0 Å². The number of nitrogens with zero attached hydrogens (tertiary/aromatic N) is 2. The first-order valence-electron chi connectivity index (χ1n) is 10.2. The van der Waals surface area contributed by atoms with Crippen molar-refractivity contribution in [2.45, 2.75) is 24.5 Å². The lowest BCUT2D eigenvalue weighted by Gasteiger charge is -2.09. The molecule has 3 aromatic carbocycles. The van der Waals surface area contributed by atoms with Crippen LogP contribution in [0.1, 0.15) is 11.1 Å². The molecule has 1 aromatic heterocycles. The maximum absolute atomic E-state index is 12.3. The molecule has 0 atom stereocenters. The summed E-state index contributed by atoms with van der Waals surface area (Å²) in [6.07, 6.45) is 1.77. The van der Waals surface area contributed by atoms with Crippen molar-refractivity contribution in [3.63, 3.8) is 0 Å². The Labute approximate surface area is 181 Å². The van der Waals surface area contributed by atoms with Crippen LogP contribution >= 0.6 is 11.8 Å². The smallest absolute Gasteiger partial charge is 0.230 e. The molecule has 4 nitrogen and oxygen atoms in total. The number of carbonyl (C=O) groups is 1. The van der Waals surface area contributed by atoms with Crippen molar-refractivity contribution in [1.29, 1.82) is 0 Å². The maximum atomic E-state index is 12.3. The van der Waals surface area contributed by atoms with Crippen LogP contribution in [0.2, 0.25) is 0 Å². The van der Waals surface area contributed by atoms with Crippen molar-refractivity contribution < 1.29 is 4.79 Å². The standard InChI is InChI=1S/C25H25N3OS/c29-24(26-17-15-20-9-3-1-4-10-20)19-30-25-27-22-13-7-8-14-23(22)28(25)18-16-21-11-5-2-6-12-21/h1-14H,15-19H2,(H,26,29). The number of thioether (sulfide) groups is 1. The quantitative estimate of drug-likeness (QED) is 0.402. The van der Waals surface area contributed by atoms with Gasteiger partial charge < -0.3 is 9.88 Å². The highest BCUT2D eigenvalue weighted by atomic mass is 32.2. The summed E-state index contributed by atoms with van der Waals surface area (Å²) in [7, 11) is 0. The zero-order valence-electron chi connectivity index (χ0n) is 16.8. The molecule has 0 aliphatic rings. The van der Waals surface area contributed by atoms with Crippen LogP contribution in [-0.4, -0.2) is 27.8 Å². The number of fused-ring (bicyclic) bond motifs is 1. The number of imidazole rings is 1. The molecule has 0 unspecified atom stereocenters. The lowest BCUT2D eigenvalue weighted by atomic mass is 10.1. The average molecular weight is 416 g/mol. The molecular weight excluding hydrogens is 390 g/mol. The number of nitrogens with one attached hydrogen (secondary N) is 1. The predicted molar refractivity (Wildman–Crippen MR) is 124 cm³/mol. The van der Waals surface area contributed by atoms with E-state index in [0.29, 0.717) is 12.3 Å². The highest BCUT2D eigenvalue weighted by Gasteiger charge is 2.13. The predicted octanol–water partition coefficient (Wildman–Crippen LogP) is 4.73. The molecule has 0 saturated carbocycles. The van der Waals surface area contributed by atoms with Crippen LogP contribution in [0.25, 0.3) is 11.0 Å². The Morgan fingerprint density at radius 2 is 1.47 bits per heavy atom. The molecule has 0 radical (unpaired) electrons. The van der Waals surface area contributed by atoms with Gasteiger partial charge in [-0.15, -0.1) is 0 Å². The Kier molecular flexibility index (Phi) is 6.83. The van der Waals surface area contributed by atoms with E-state index in [0.717, 1.165) is 35.6 Å². The highest BCUT2D eigenvalue weighted by Crippen LogP contribution is 2.24. The van der Waals surface area contributed by atoms with Gasteiger partial charge in [0.05, 0.1) is 16.8 Å². The third-order valence-corrected chi connectivity index (χ3v) is 5.97. The second-order valence-electron chi connectivity index (χ2n) is 7.14. The van der Waals surface area contributed by atoms with Crippen molar-refractivity contribution in [1.82, 2.24) is 14.9 Å². The van der Waals surface area contributed by atoms with E-state index in [1.807, 2.05) is 42.5 Å². The molecule has 1 N–H and O–H groups in total. The minimum Gasteiger partial charge on any atom is -0.355 e. The summed E-state index contributed by atoms with van der Waals surface area (Å²) in [5, 5.41) is 3.91. The Hall–Kier alpha value is -3.05. The van der Waals surface area contributed by atoms with Gasteiger partial charge in [-0.25, -0.2) is 4.98 Å². The lowest BCUT2D eigenvalue weighted by molar-refractivity contribution is -0.118. The topological polar surface area (TPSA) is 46.9 Å². The molecule has 4 rings (SSSR count). The second kappa shape index (κ2) is 10.1. The SMILES string of the molecule is O=C(CSc1nc2ccccc2n1CCc1ccccc1)NCCc1ccccc1. The minimum atomic E-state index is 0.0394. The Balaban J connectivity index is 1.37. The van der Waals surface area contributed by atoms with Crippen LogP contribution in [0.4, 0.5) is 0 Å². The van der Waals surface area contributed by atoms with Gasteiger partial charge in [-0.05, 0) is 36.1 Å². The average Bonchev–Trinajstić information content (AvgIpc) is 3.15. The Morgan fingerprint density at radius 1 is 0.833 bits per heavy atom. The zero-order chi connectivity index (χ0) is 20.6. The number of hydrogen-bond donors (Lipinski definition) is 1. The Bertz CT molecular complexity index is 1090. The van der Waals surface area contributed by atoms with E-state index in [1.165, 1.54) is 22.9 Å². The van der Waals surface area contributed by atoms with Crippen molar-refractivity contribution in [3.05, 3.63) is 96.1 Å². The van der Waals surface area contributed by atoms with E-state index in [-0.39, 0.29) is 5.91 Å². The lowest BCUT2D eigenvalue weighted by Crippen LogP contribution is -2.27. The molecular formula is C25H25N3OS. The third kappa shape index (κ3) is 5.30. The van der Waals surface area contributed by atoms with Gasteiger partial charge >= 0.3 is 0 Å². The van der Waals surface area contributed by atoms with Gasteiger partial charge in [-0.3, -0.25) is 4.79 Å². The van der Waals surface area contributed by atoms with Crippen LogP contribution in [0.3, 0.4) is 0 Å². The van der Waals surface area contributed by atoms with E-state index in [2.05, 4.69) is 52.3 Å². The molecule has 152 valence electrons. The first-order valence-corrected chi connectivity index (χ1v) is 11.2. The molecule has 4 aromatic rings. The van der Waals surface area contributed by atoms with Gasteiger partial charge in [-0.2, -0.15) is 0 Å². The fraction of sp³-hybridized carbons (Fsp3) is 0.200. The number of benzene rings is 3. The van der Waals surface area contributed by atoms with Crippen LogP contribution in [0, 0.1) is 0 Å². The molecule has 0 saturated heterocycles. The first-order chi connectivity index (χ1) is 14.8. The Morgan fingerprint density at radius 3 is 2.20 bits per heavy atom. The molecule has 0 fully saturated rings. The second-order valence-corrected chi connectivity index (χ2v) is 8.09. The molecule has 0 aliphatic heterocycles.